The van der Waals surface area contributed by atoms with Gasteiger partial charge in [-0.1, -0.05) is 27.7 Å². The fourth-order valence-corrected chi connectivity index (χ4v) is 2.75. The molecule has 0 aliphatic carbocycles. The monoisotopic (exact) mass is 257 g/mol. The molecule has 106 valence electrons. The normalized spacial score (nSPS) is 28.1. The van der Waals surface area contributed by atoms with Gasteiger partial charge < -0.3 is 10.2 Å². The third-order valence-electron chi connectivity index (χ3n) is 4.37. The van der Waals surface area contributed by atoms with Crippen molar-refractivity contribution in [1.29, 1.82) is 0 Å². The van der Waals surface area contributed by atoms with E-state index in [-0.39, 0.29) is 11.3 Å². The molecule has 4 heteroatoms. The van der Waals surface area contributed by atoms with Crippen LogP contribution in [-0.4, -0.2) is 45.8 Å². The Morgan fingerprint density at radius 1 is 1.50 bits per heavy atom. The average Bonchev–Trinajstić information content (AvgIpc) is 2.14. The van der Waals surface area contributed by atoms with Crippen molar-refractivity contribution in [1.82, 2.24) is 4.90 Å². The predicted molar refractivity (Wildman–Crippen MR) is 71.5 cm³/mol. The molecule has 1 heterocycles. The Hall–Kier alpha value is -0.610. The first-order valence-corrected chi connectivity index (χ1v) is 6.77. The van der Waals surface area contributed by atoms with Gasteiger partial charge in [-0.15, -0.1) is 0 Å². The number of aliphatic hydroxyl groups is 1. The van der Waals surface area contributed by atoms with Gasteiger partial charge in [0.1, 0.15) is 6.04 Å². The Morgan fingerprint density at radius 3 is 2.50 bits per heavy atom. The van der Waals surface area contributed by atoms with E-state index in [2.05, 4.69) is 0 Å². The quantitative estimate of drug-likeness (QED) is 0.808. The third-order valence-corrected chi connectivity index (χ3v) is 4.37. The topological polar surface area (TPSA) is 60.8 Å². The predicted octanol–water partition coefficient (Wildman–Crippen LogP) is 1.97. The lowest BCUT2D eigenvalue weighted by molar-refractivity contribution is -0.153. The number of piperidine rings is 1. The van der Waals surface area contributed by atoms with E-state index < -0.39 is 17.6 Å². The van der Waals surface area contributed by atoms with Gasteiger partial charge in [0.15, 0.2) is 0 Å². The summed E-state index contributed by atoms with van der Waals surface area (Å²) in [5.74, 6) is -0.670. The van der Waals surface area contributed by atoms with Crippen LogP contribution in [0.25, 0.3) is 0 Å². The molecular formula is C14H27NO3. The van der Waals surface area contributed by atoms with Crippen LogP contribution in [0.2, 0.25) is 0 Å². The number of carboxylic acid groups (broad SMARTS) is 1. The SMILES string of the molecule is CC(C)C(C)(O)CN1CCCC(C)(C)C1C(=O)O. The van der Waals surface area contributed by atoms with Gasteiger partial charge >= 0.3 is 5.97 Å². The van der Waals surface area contributed by atoms with Crippen LogP contribution in [-0.2, 0) is 4.79 Å². The van der Waals surface area contributed by atoms with Crippen LogP contribution in [0, 0.1) is 11.3 Å². The van der Waals surface area contributed by atoms with E-state index in [1.54, 1.807) is 6.92 Å². The fraction of sp³-hybridized carbons (Fsp3) is 0.929. The minimum Gasteiger partial charge on any atom is -0.480 e. The van der Waals surface area contributed by atoms with E-state index in [1.165, 1.54) is 0 Å². The highest BCUT2D eigenvalue weighted by Gasteiger charge is 2.44. The van der Waals surface area contributed by atoms with E-state index in [0.29, 0.717) is 6.54 Å². The molecule has 2 unspecified atom stereocenters. The van der Waals surface area contributed by atoms with E-state index in [9.17, 15) is 15.0 Å². The smallest absolute Gasteiger partial charge is 0.321 e. The zero-order valence-electron chi connectivity index (χ0n) is 12.2. The van der Waals surface area contributed by atoms with Crippen molar-refractivity contribution in [3.05, 3.63) is 0 Å². The summed E-state index contributed by atoms with van der Waals surface area (Å²) < 4.78 is 0. The molecule has 18 heavy (non-hydrogen) atoms. The van der Waals surface area contributed by atoms with Gasteiger partial charge in [-0.05, 0) is 37.6 Å². The Kier molecular flexibility index (Phi) is 4.44. The average molecular weight is 257 g/mol. The summed E-state index contributed by atoms with van der Waals surface area (Å²) in [5, 5.41) is 19.8. The molecule has 0 aromatic carbocycles. The second kappa shape index (κ2) is 5.17. The Labute approximate surface area is 110 Å². The zero-order chi connectivity index (χ0) is 14.1. The fourth-order valence-electron chi connectivity index (χ4n) is 2.75. The maximum Gasteiger partial charge on any atom is 0.321 e. The summed E-state index contributed by atoms with van der Waals surface area (Å²) in [6, 6.07) is -0.503. The third kappa shape index (κ3) is 3.23. The van der Waals surface area contributed by atoms with Gasteiger partial charge in [-0.25, -0.2) is 0 Å². The van der Waals surface area contributed by atoms with Crippen molar-refractivity contribution < 1.29 is 15.0 Å². The number of rotatable bonds is 4. The standard InChI is InChI=1S/C14H27NO3/c1-10(2)14(5,18)9-15-8-6-7-13(3,4)11(15)12(16)17/h10-11,18H,6-9H2,1-5H3,(H,16,17). The summed E-state index contributed by atoms with van der Waals surface area (Å²) in [6.45, 7) is 10.9. The highest BCUT2D eigenvalue weighted by Crippen LogP contribution is 2.36. The number of carbonyl (C=O) groups is 1. The van der Waals surface area contributed by atoms with Gasteiger partial charge in [-0.3, -0.25) is 9.69 Å². The van der Waals surface area contributed by atoms with Crippen molar-refractivity contribution >= 4 is 5.97 Å². The number of carboxylic acids is 1. The molecule has 2 atom stereocenters. The van der Waals surface area contributed by atoms with Gasteiger partial charge in [-0.2, -0.15) is 0 Å². The second-order valence-electron chi connectivity index (χ2n) is 6.82. The molecule has 0 aromatic heterocycles. The van der Waals surface area contributed by atoms with Crippen molar-refractivity contribution in [2.24, 2.45) is 11.3 Å². The van der Waals surface area contributed by atoms with Crippen molar-refractivity contribution in [3.63, 3.8) is 0 Å². The van der Waals surface area contributed by atoms with Crippen LogP contribution >= 0.6 is 0 Å². The number of β-amino-alcohol motifs (C(OH)–C–C–N with tert-alkyl or cyclic N) is 1. The number of hydrogen-bond donors (Lipinski definition) is 2. The number of nitrogens with zero attached hydrogens (tertiary/aromatic N) is 1. The van der Waals surface area contributed by atoms with Crippen molar-refractivity contribution in [3.8, 4) is 0 Å². The molecule has 0 amide bonds. The maximum absolute atomic E-state index is 11.5. The molecule has 0 aromatic rings. The first-order valence-electron chi connectivity index (χ1n) is 6.77. The van der Waals surface area contributed by atoms with Gasteiger partial charge in [0.2, 0.25) is 0 Å². The Morgan fingerprint density at radius 2 is 2.06 bits per heavy atom. The number of likely N-dealkylation sites (tertiary alicyclic amines) is 1. The molecule has 0 radical (unpaired) electrons. The first kappa shape index (κ1) is 15.4. The van der Waals surface area contributed by atoms with E-state index >= 15 is 0 Å². The maximum atomic E-state index is 11.5. The van der Waals surface area contributed by atoms with E-state index in [1.807, 2.05) is 32.6 Å². The number of aliphatic carboxylic acids is 1. The lowest BCUT2D eigenvalue weighted by atomic mass is 9.75. The molecule has 2 N–H and O–H groups in total. The molecule has 0 spiro atoms. The summed E-state index contributed by atoms with van der Waals surface area (Å²) in [6.07, 6.45) is 1.91. The zero-order valence-corrected chi connectivity index (χ0v) is 12.2. The summed E-state index contributed by atoms with van der Waals surface area (Å²) in [7, 11) is 0. The van der Waals surface area contributed by atoms with Crippen LogP contribution < -0.4 is 0 Å². The van der Waals surface area contributed by atoms with Gasteiger partial charge in [0.25, 0.3) is 0 Å². The van der Waals surface area contributed by atoms with Crippen LogP contribution in [0.4, 0.5) is 0 Å². The largest absolute Gasteiger partial charge is 0.480 e. The molecule has 0 bridgehead atoms. The Balaban J connectivity index is 2.89. The van der Waals surface area contributed by atoms with Crippen LogP contribution in [0.1, 0.15) is 47.5 Å². The summed E-state index contributed by atoms with van der Waals surface area (Å²) in [5.41, 5.74) is -1.09. The number of hydrogen-bond acceptors (Lipinski definition) is 3. The molecule has 1 fully saturated rings. The van der Waals surface area contributed by atoms with Crippen LogP contribution in [0.3, 0.4) is 0 Å². The Bertz CT molecular complexity index is 310. The second-order valence-corrected chi connectivity index (χ2v) is 6.82. The lowest BCUT2D eigenvalue weighted by Gasteiger charge is -2.46. The van der Waals surface area contributed by atoms with Crippen LogP contribution in [0.5, 0.6) is 0 Å². The van der Waals surface area contributed by atoms with E-state index in [4.69, 9.17) is 0 Å². The van der Waals surface area contributed by atoms with E-state index in [0.717, 1.165) is 19.4 Å². The van der Waals surface area contributed by atoms with Crippen LogP contribution in [0.15, 0.2) is 0 Å². The molecule has 1 rings (SSSR count). The minimum atomic E-state index is -0.846. The minimum absolute atomic E-state index is 0.108. The molecule has 0 saturated carbocycles. The summed E-state index contributed by atoms with van der Waals surface area (Å²) >= 11 is 0. The first-order chi connectivity index (χ1) is 8.08. The van der Waals surface area contributed by atoms with Gasteiger partial charge in [0.05, 0.1) is 5.60 Å². The van der Waals surface area contributed by atoms with Crippen molar-refractivity contribution in [2.75, 3.05) is 13.1 Å². The lowest BCUT2D eigenvalue weighted by Crippen LogP contribution is -2.58. The molecule has 1 aliphatic heterocycles. The highest BCUT2D eigenvalue weighted by molar-refractivity contribution is 5.74. The van der Waals surface area contributed by atoms with Gasteiger partial charge in [0, 0.05) is 6.54 Å². The molecular weight excluding hydrogens is 230 g/mol. The highest BCUT2D eigenvalue weighted by atomic mass is 16.4. The summed E-state index contributed by atoms with van der Waals surface area (Å²) in [4.78, 5) is 13.4. The van der Waals surface area contributed by atoms with Crippen molar-refractivity contribution in [2.45, 2.75) is 59.1 Å². The molecule has 4 nitrogen and oxygen atoms in total. The molecule has 1 aliphatic rings. The molecule has 1 saturated heterocycles.